The molecule has 1 aromatic rings. The summed E-state index contributed by atoms with van der Waals surface area (Å²) in [5, 5.41) is 8.66. The predicted octanol–water partition coefficient (Wildman–Crippen LogP) is 4.09. The molecule has 1 nitrogen and oxygen atoms in total. The number of benzene rings is 1. The Morgan fingerprint density at radius 1 is 1.16 bits per heavy atom. The SMILES string of the molecule is N#Cc1c(F)cc(C2CCC(CC[Si])CC2)cc1F. The predicted molar refractivity (Wildman–Crippen MR) is 71.0 cm³/mol. The van der Waals surface area contributed by atoms with Crippen molar-refractivity contribution >= 4 is 10.2 Å². The molecule has 0 atom stereocenters. The molecule has 0 heterocycles. The van der Waals surface area contributed by atoms with Crippen LogP contribution in [0.3, 0.4) is 0 Å². The van der Waals surface area contributed by atoms with Gasteiger partial charge in [0.05, 0.1) is 0 Å². The third kappa shape index (κ3) is 3.22. The lowest BCUT2D eigenvalue weighted by Crippen LogP contribution is -2.14. The Balaban J connectivity index is 2.10. The van der Waals surface area contributed by atoms with Crippen LogP contribution in [0.5, 0.6) is 0 Å². The van der Waals surface area contributed by atoms with Crippen molar-refractivity contribution < 1.29 is 8.78 Å². The molecule has 99 valence electrons. The summed E-state index contributed by atoms with van der Waals surface area (Å²) in [5.74, 6) is -0.524. The average molecular weight is 276 g/mol. The van der Waals surface area contributed by atoms with Crippen LogP contribution in [0.15, 0.2) is 12.1 Å². The largest absolute Gasteiger partial charge is 0.205 e. The van der Waals surface area contributed by atoms with Gasteiger partial charge in [0.25, 0.3) is 0 Å². The van der Waals surface area contributed by atoms with Crippen molar-refractivity contribution in [3.63, 3.8) is 0 Å². The number of hydrogen-bond acceptors (Lipinski definition) is 1. The molecule has 0 N–H and O–H groups in total. The molecular formula is C15H16F2NSi. The van der Waals surface area contributed by atoms with E-state index in [0.29, 0.717) is 5.56 Å². The summed E-state index contributed by atoms with van der Waals surface area (Å²) in [6, 6.07) is 5.23. The fraction of sp³-hybridized carbons (Fsp3) is 0.533. The van der Waals surface area contributed by atoms with Crippen LogP contribution in [-0.2, 0) is 0 Å². The molecule has 0 amide bonds. The molecule has 2 rings (SSSR count). The molecule has 0 aliphatic heterocycles. The minimum Gasteiger partial charge on any atom is -0.205 e. The van der Waals surface area contributed by atoms with Crippen molar-refractivity contribution in [2.45, 2.75) is 44.1 Å². The minimum atomic E-state index is -0.736. The zero-order valence-electron chi connectivity index (χ0n) is 10.8. The standard InChI is InChI=1S/C15H16F2NSi/c16-14-7-12(8-15(17)13(14)9-18)11-3-1-10(2-4-11)5-6-19/h7-8,10-11H,1-6H2. The molecule has 1 aliphatic rings. The van der Waals surface area contributed by atoms with E-state index in [2.05, 4.69) is 10.2 Å². The Bertz CT molecular complexity index is 464. The molecule has 3 radical (unpaired) electrons. The van der Waals surface area contributed by atoms with E-state index in [1.807, 2.05) is 0 Å². The van der Waals surface area contributed by atoms with E-state index in [0.717, 1.165) is 37.6 Å². The zero-order chi connectivity index (χ0) is 13.8. The van der Waals surface area contributed by atoms with Crippen LogP contribution in [0.1, 0.15) is 49.1 Å². The quantitative estimate of drug-likeness (QED) is 0.763. The maximum absolute atomic E-state index is 13.6. The van der Waals surface area contributed by atoms with Crippen molar-refractivity contribution in [3.8, 4) is 6.07 Å². The van der Waals surface area contributed by atoms with Gasteiger partial charge < -0.3 is 0 Å². The fourth-order valence-corrected chi connectivity index (χ4v) is 3.33. The lowest BCUT2D eigenvalue weighted by Gasteiger charge is -2.28. The van der Waals surface area contributed by atoms with E-state index in [-0.39, 0.29) is 5.92 Å². The van der Waals surface area contributed by atoms with Crippen LogP contribution in [0.2, 0.25) is 6.04 Å². The summed E-state index contributed by atoms with van der Waals surface area (Å²) in [4.78, 5) is 0. The molecule has 0 bridgehead atoms. The minimum absolute atomic E-state index is 0.225. The first-order valence-electron chi connectivity index (χ1n) is 6.69. The lowest BCUT2D eigenvalue weighted by atomic mass is 9.77. The van der Waals surface area contributed by atoms with Crippen molar-refractivity contribution in [2.75, 3.05) is 0 Å². The zero-order valence-corrected chi connectivity index (χ0v) is 11.8. The lowest BCUT2D eigenvalue weighted by molar-refractivity contribution is 0.318. The average Bonchev–Trinajstić information content (AvgIpc) is 2.39. The molecule has 0 saturated heterocycles. The van der Waals surface area contributed by atoms with Gasteiger partial charge in [-0.05, 0) is 55.2 Å². The van der Waals surface area contributed by atoms with E-state index in [1.165, 1.54) is 18.6 Å². The van der Waals surface area contributed by atoms with Gasteiger partial charge in [-0.2, -0.15) is 5.26 Å². The summed E-state index contributed by atoms with van der Waals surface area (Å²) in [7, 11) is 3.50. The summed E-state index contributed by atoms with van der Waals surface area (Å²) >= 11 is 0. The van der Waals surface area contributed by atoms with Gasteiger partial charge in [-0.1, -0.05) is 12.5 Å². The van der Waals surface area contributed by atoms with Crippen LogP contribution in [0.4, 0.5) is 8.78 Å². The highest BCUT2D eigenvalue weighted by Crippen LogP contribution is 2.38. The van der Waals surface area contributed by atoms with Gasteiger partial charge in [-0.25, -0.2) is 8.78 Å². The van der Waals surface area contributed by atoms with Crippen LogP contribution in [-0.4, -0.2) is 10.2 Å². The number of hydrogen-bond donors (Lipinski definition) is 0. The second kappa shape index (κ2) is 6.29. The second-order valence-electron chi connectivity index (χ2n) is 5.23. The summed E-state index contributed by atoms with van der Waals surface area (Å²) in [5.41, 5.74) is 0.224. The Morgan fingerprint density at radius 3 is 2.21 bits per heavy atom. The Hall–Kier alpha value is -1.21. The molecule has 19 heavy (non-hydrogen) atoms. The van der Waals surface area contributed by atoms with Gasteiger partial charge in [0.15, 0.2) is 0 Å². The molecular weight excluding hydrogens is 260 g/mol. The summed E-state index contributed by atoms with van der Waals surface area (Å²) < 4.78 is 27.2. The highest BCUT2D eigenvalue weighted by atomic mass is 28.1. The van der Waals surface area contributed by atoms with Crippen molar-refractivity contribution in [1.29, 1.82) is 5.26 Å². The summed E-state index contributed by atoms with van der Waals surface area (Å²) in [6.07, 6.45) is 5.33. The highest BCUT2D eigenvalue weighted by molar-refractivity contribution is 6.08. The third-order valence-electron chi connectivity index (χ3n) is 4.05. The molecule has 1 saturated carbocycles. The van der Waals surface area contributed by atoms with Crippen LogP contribution in [0, 0.1) is 28.9 Å². The Kier molecular flexibility index (Phi) is 4.70. The van der Waals surface area contributed by atoms with E-state index < -0.39 is 17.2 Å². The second-order valence-corrected chi connectivity index (χ2v) is 5.73. The Labute approximate surface area is 116 Å². The number of halogens is 2. The Morgan fingerprint density at radius 2 is 1.74 bits per heavy atom. The topological polar surface area (TPSA) is 23.8 Å². The molecule has 0 spiro atoms. The molecule has 0 unspecified atom stereocenters. The summed E-state index contributed by atoms with van der Waals surface area (Å²) in [6.45, 7) is 0. The smallest absolute Gasteiger partial charge is 0.144 e. The van der Waals surface area contributed by atoms with Gasteiger partial charge in [0.2, 0.25) is 0 Å². The number of nitriles is 1. The van der Waals surface area contributed by atoms with Crippen LogP contribution >= 0.6 is 0 Å². The number of rotatable bonds is 3. The van der Waals surface area contributed by atoms with E-state index in [4.69, 9.17) is 5.26 Å². The van der Waals surface area contributed by atoms with E-state index in [9.17, 15) is 8.78 Å². The highest BCUT2D eigenvalue weighted by Gasteiger charge is 2.23. The normalized spacial score (nSPS) is 23.1. The molecule has 1 fully saturated rings. The van der Waals surface area contributed by atoms with Gasteiger partial charge in [0.1, 0.15) is 23.3 Å². The first kappa shape index (κ1) is 14.2. The first-order valence-corrected chi connectivity index (χ1v) is 7.40. The van der Waals surface area contributed by atoms with Crippen molar-refractivity contribution in [3.05, 3.63) is 34.9 Å². The molecule has 1 aromatic carbocycles. The molecule has 4 heteroatoms. The molecule has 1 aliphatic carbocycles. The maximum Gasteiger partial charge on any atom is 0.144 e. The van der Waals surface area contributed by atoms with Crippen molar-refractivity contribution in [1.82, 2.24) is 0 Å². The first-order chi connectivity index (χ1) is 9.15. The van der Waals surface area contributed by atoms with Crippen LogP contribution < -0.4 is 0 Å². The van der Waals surface area contributed by atoms with Crippen molar-refractivity contribution in [2.24, 2.45) is 5.92 Å². The third-order valence-corrected chi connectivity index (χ3v) is 4.34. The van der Waals surface area contributed by atoms with Gasteiger partial charge in [-0.15, -0.1) is 0 Å². The molecule has 0 aromatic heterocycles. The fourth-order valence-electron chi connectivity index (χ4n) is 2.92. The maximum atomic E-state index is 13.6. The van der Waals surface area contributed by atoms with Crippen LogP contribution in [0.25, 0.3) is 0 Å². The number of nitrogens with zero attached hydrogens (tertiary/aromatic N) is 1. The van der Waals surface area contributed by atoms with Gasteiger partial charge in [-0.3, -0.25) is 0 Å². The van der Waals surface area contributed by atoms with E-state index in [1.54, 1.807) is 6.07 Å². The van der Waals surface area contributed by atoms with Gasteiger partial charge in [0, 0.05) is 10.2 Å². The van der Waals surface area contributed by atoms with Gasteiger partial charge >= 0.3 is 0 Å². The van der Waals surface area contributed by atoms with E-state index >= 15 is 0 Å². The monoisotopic (exact) mass is 276 g/mol.